The van der Waals surface area contributed by atoms with Crippen molar-refractivity contribution < 1.29 is 9.18 Å². The van der Waals surface area contributed by atoms with Crippen LogP contribution < -0.4 is 10.2 Å². The molecular weight excluding hydrogens is 339 g/mol. The first kappa shape index (κ1) is 16.2. The van der Waals surface area contributed by atoms with Crippen molar-refractivity contribution in [3.05, 3.63) is 36.4 Å². The molecule has 134 valence electrons. The zero-order valence-corrected chi connectivity index (χ0v) is 14.1. The summed E-state index contributed by atoms with van der Waals surface area (Å²) >= 11 is 0. The molecule has 1 aliphatic rings. The first-order chi connectivity index (χ1) is 12.6. The summed E-state index contributed by atoms with van der Waals surface area (Å²) in [6.45, 7) is 2.33. The minimum atomic E-state index is -0.336. The third-order valence-electron chi connectivity index (χ3n) is 4.33. The first-order valence-electron chi connectivity index (χ1n) is 8.18. The third kappa shape index (κ3) is 3.01. The lowest BCUT2D eigenvalue weighted by atomic mass is 10.3. The molecule has 9 nitrogen and oxygen atoms in total. The van der Waals surface area contributed by atoms with Crippen molar-refractivity contribution in [2.24, 2.45) is 7.05 Å². The maximum absolute atomic E-state index is 12.9. The van der Waals surface area contributed by atoms with E-state index < -0.39 is 0 Å². The smallest absolute Gasteiger partial charge is 0.321 e. The zero-order valence-electron chi connectivity index (χ0n) is 14.1. The molecule has 0 radical (unpaired) electrons. The summed E-state index contributed by atoms with van der Waals surface area (Å²) in [5.41, 5.74) is 1.89. The Morgan fingerprint density at radius 2 is 1.85 bits per heavy atom. The third-order valence-corrected chi connectivity index (χ3v) is 4.33. The number of aryl methyl sites for hydroxylation is 1. The number of aromatic nitrogens is 5. The topological polar surface area (TPSA) is 92.1 Å². The summed E-state index contributed by atoms with van der Waals surface area (Å²) in [4.78, 5) is 24.7. The van der Waals surface area contributed by atoms with Crippen LogP contribution in [0.3, 0.4) is 0 Å². The molecule has 2 aromatic heterocycles. The maximum Gasteiger partial charge on any atom is 0.321 e. The number of rotatable bonds is 2. The molecule has 26 heavy (non-hydrogen) atoms. The Hall–Kier alpha value is -3.30. The summed E-state index contributed by atoms with van der Waals surface area (Å²) in [5.74, 6) is 0.387. The van der Waals surface area contributed by atoms with Gasteiger partial charge in [0.2, 0.25) is 0 Å². The second kappa shape index (κ2) is 6.54. The van der Waals surface area contributed by atoms with E-state index in [1.54, 1.807) is 16.6 Å². The van der Waals surface area contributed by atoms with Crippen LogP contribution in [0.25, 0.3) is 11.2 Å². The minimum Gasteiger partial charge on any atom is -0.351 e. The molecule has 1 aliphatic heterocycles. The van der Waals surface area contributed by atoms with E-state index in [-0.39, 0.29) is 11.8 Å². The normalized spacial score (nSPS) is 14.7. The van der Waals surface area contributed by atoms with Crippen molar-refractivity contribution in [1.82, 2.24) is 29.9 Å². The Morgan fingerprint density at radius 1 is 1.12 bits per heavy atom. The van der Waals surface area contributed by atoms with Gasteiger partial charge >= 0.3 is 6.03 Å². The van der Waals surface area contributed by atoms with Crippen molar-refractivity contribution >= 4 is 28.7 Å². The lowest BCUT2D eigenvalue weighted by Crippen LogP contribution is -2.50. The van der Waals surface area contributed by atoms with Crippen LogP contribution in [-0.2, 0) is 7.05 Å². The van der Waals surface area contributed by atoms with Gasteiger partial charge in [-0.25, -0.2) is 23.8 Å². The van der Waals surface area contributed by atoms with E-state index in [2.05, 4.69) is 30.5 Å². The van der Waals surface area contributed by atoms with Gasteiger partial charge in [0.25, 0.3) is 0 Å². The summed E-state index contributed by atoms with van der Waals surface area (Å²) in [6, 6.07) is 5.50. The number of hydrogen-bond donors (Lipinski definition) is 1. The van der Waals surface area contributed by atoms with Gasteiger partial charge in [-0.3, -0.25) is 0 Å². The van der Waals surface area contributed by atoms with Gasteiger partial charge in [-0.15, -0.1) is 5.10 Å². The average molecular weight is 356 g/mol. The number of nitrogens with zero attached hydrogens (tertiary/aromatic N) is 7. The van der Waals surface area contributed by atoms with Gasteiger partial charge < -0.3 is 15.1 Å². The lowest BCUT2D eigenvalue weighted by Gasteiger charge is -2.35. The SMILES string of the molecule is Cn1nnc2c(N3CCN(C(=O)Nc4ccc(F)cc4)CC3)ncnc21. The van der Waals surface area contributed by atoms with Crippen LogP contribution in [0.4, 0.5) is 20.7 Å². The molecule has 0 unspecified atom stereocenters. The van der Waals surface area contributed by atoms with E-state index in [9.17, 15) is 9.18 Å². The monoisotopic (exact) mass is 356 g/mol. The number of nitrogens with one attached hydrogen (secondary N) is 1. The second-order valence-corrected chi connectivity index (χ2v) is 5.99. The Labute approximate surface area is 148 Å². The molecule has 0 spiro atoms. The number of anilines is 2. The molecule has 3 heterocycles. The Balaban J connectivity index is 1.42. The highest BCUT2D eigenvalue weighted by Crippen LogP contribution is 2.21. The summed E-state index contributed by atoms with van der Waals surface area (Å²) in [7, 11) is 1.78. The van der Waals surface area contributed by atoms with Gasteiger partial charge in [-0.2, -0.15) is 0 Å². The molecular formula is C16H17FN8O. The Kier molecular flexibility index (Phi) is 4.07. The molecule has 1 saturated heterocycles. The minimum absolute atomic E-state index is 0.205. The number of carbonyl (C=O) groups excluding carboxylic acids is 1. The molecule has 0 atom stereocenters. The van der Waals surface area contributed by atoms with Crippen molar-refractivity contribution in [2.45, 2.75) is 0 Å². The summed E-state index contributed by atoms with van der Waals surface area (Å²) in [5, 5.41) is 10.9. The van der Waals surface area contributed by atoms with Crippen LogP contribution in [0.15, 0.2) is 30.6 Å². The molecule has 0 bridgehead atoms. The first-order valence-corrected chi connectivity index (χ1v) is 8.18. The van der Waals surface area contributed by atoms with Gasteiger partial charge in [0.15, 0.2) is 17.0 Å². The largest absolute Gasteiger partial charge is 0.351 e. The van der Waals surface area contributed by atoms with E-state index in [0.29, 0.717) is 43.0 Å². The number of hydrogen-bond acceptors (Lipinski definition) is 6. The molecule has 1 aromatic carbocycles. The molecule has 0 aliphatic carbocycles. The van der Waals surface area contributed by atoms with E-state index >= 15 is 0 Å². The fraction of sp³-hybridized carbons (Fsp3) is 0.312. The molecule has 10 heteroatoms. The molecule has 1 fully saturated rings. The van der Waals surface area contributed by atoms with E-state index in [1.807, 2.05) is 0 Å². The van der Waals surface area contributed by atoms with Gasteiger partial charge in [-0.05, 0) is 24.3 Å². The van der Waals surface area contributed by atoms with E-state index in [0.717, 1.165) is 5.82 Å². The average Bonchev–Trinajstić information content (AvgIpc) is 3.05. The van der Waals surface area contributed by atoms with Gasteiger partial charge in [0.05, 0.1) is 0 Å². The van der Waals surface area contributed by atoms with Gasteiger partial charge in [0, 0.05) is 38.9 Å². The van der Waals surface area contributed by atoms with Crippen molar-refractivity contribution in [1.29, 1.82) is 0 Å². The lowest BCUT2D eigenvalue weighted by molar-refractivity contribution is 0.208. The Morgan fingerprint density at radius 3 is 2.58 bits per heavy atom. The number of fused-ring (bicyclic) bond motifs is 1. The zero-order chi connectivity index (χ0) is 18.1. The van der Waals surface area contributed by atoms with Crippen LogP contribution >= 0.6 is 0 Å². The van der Waals surface area contributed by atoms with Crippen molar-refractivity contribution in [2.75, 3.05) is 36.4 Å². The van der Waals surface area contributed by atoms with Crippen LogP contribution in [0.1, 0.15) is 0 Å². The highest BCUT2D eigenvalue weighted by Gasteiger charge is 2.24. The fourth-order valence-electron chi connectivity index (χ4n) is 2.93. The molecule has 1 N–H and O–H groups in total. The van der Waals surface area contributed by atoms with Crippen molar-refractivity contribution in [3.8, 4) is 0 Å². The van der Waals surface area contributed by atoms with Crippen molar-refractivity contribution in [3.63, 3.8) is 0 Å². The number of amides is 2. The standard InChI is InChI=1S/C16H17FN8O/c1-23-14-13(21-22-23)15(19-10-18-14)24-6-8-25(9-7-24)16(26)20-12-4-2-11(17)3-5-12/h2-5,10H,6-9H2,1H3,(H,20,26). The van der Waals surface area contributed by atoms with Crippen LogP contribution in [0.5, 0.6) is 0 Å². The van der Waals surface area contributed by atoms with E-state index in [1.165, 1.54) is 30.6 Å². The number of carbonyl (C=O) groups is 1. The highest BCUT2D eigenvalue weighted by molar-refractivity contribution is 5.89. The number of halogens is 1. The molecule has 0 saturated carbocycles. The Bertz CT molecular complexity index is 933. The van der Waals surface area contributed by atoms with Crippen LogP contribution in [0.2, 0.25) is 0 Å². The quantitative estimate of drug-likeness (QED) is 0.743. The highest BCUT2D eigenvalue weighted by atomic mass is 19.1. The molecule has 2 amide bonds. The predicted molar refractivity (Wildman–Crippen MR) is 93.3 cm³/mol. The summed E-state index contributed by atoms with van der Waals surface area (Å²) < 4.78 is 14.5. The predicted octanol–water partition coefficient (Wildman–Crippen LogP) is 1.25. The molecule has 3 aromatic rings. The fourth-order valence-corrected chi connectivity index (χ4v) is 2.93. The van der Waals surface area contributed by atoms with Crippen LogP contribution in [-0.4, -0.2) is 62.1 Å². The van der Waals surface area contributed by atoms with Crippen LogP contribution in [0, 0.1) is 5.82 Å². The van der Waals surface area contributed by atoms with Gasteiger partial charge in [0.1, 0.15) is 12.1 Å². The number of benzene rings is 1. The van der Waals surface area contributed by atoms with E-state index in [4.69, 9.17) is 0 Å². The summed E-state index contributed by atoms with van der Waals surface area (Å²) in [6.07, 6.45) is 1.49. The van der Waals surface area contributed by atoms with Gasteiger partial charge in [-0.1, -0.05) is 5.21 Å². The molecule has 4 rings (SSSR count). The number of piperazine rings is 1. The number of urea groups is 1. The second-order valence-electron chi connectivity index (χ2n) is 5.99. The maximum atomic E-state index is 12.9.